The summed E-state index contributed by atoms with van der Waals surface area (Å²) in [5.74, 6) is 0.164. The van der Waals surface area contributed by atoms with E-state index in [1.807, 2.05) is 0 Å². The van der Waals surface area contributed by atoms with Gasteiger partial charge < -0.3 is 4.74 Å². The van der Waals surface area contributed by atoms with Crippen molar-refractivity contribution >= 4 is 40.7 Å². The van der Waals surface area contributed by atoms with E-state index in [1.54, 1.807) is 12.1 Å². The predicted octanol–water partition coefficient (Wildman–Crippen LogP) is 5.02. The van der Waals surface area contributed by atoms with Gasteiger partial charge in [0, 0.05) is 11.6 Å². The monoisotopic (exact) mass is 381 g/mol. The molecule has 1 heterocycles. The fourth-order valence-electron chi connectivity index (χ4n) is 3.14. The third-order valence-electron chi connectivity index (χ3n) is 4.57. The van der Waals surface area contributed by atoms with Gasteiger partial charge in [0.2, 0.25) is 5.91 Å². The summed E-state index contributed by atoms with van der Waals surface area (Å²) in [4.78, 5) is 26.6. The Morgan fingerprint density at radius 2 is 2.00 bits per heavy atom. The van der Waals surface area contributed by atoms with Crippen LogP contribution in [0.5, 0.6) is 5.75 Å². The van der Waals surface area contributed by atoms with Crippen LogP contribution in [0.2, 0.25) is 10.0 Å². The number of carbonyl (C=O) groups is 2. The molecule has 0 fully saturated rings. The predicted molar refractivity (Wildman–Crippen MR) is 99.3 cm³/mol. The van der Waals surface area contributed by atoms with E-state index in [4.69, 9.17) is 27.9 Å². The lowest BCUT2D eigenvalue weighted by molar-refractivity contribution is -0.128. The lowest BCUT2D eigenvalue weighted by Crippen LogP contribution is -2.46. The second kappa shape index (κ2) is 7.38. The van der Waals surface area contributed by atoms with Gasteiger partial charge in [0.25, 0.3) is 5.91 Å². The van der Waals surface area contributed by atoms with E-state index in [0.29, 0.717) is 41.0 Å². The number of hydrogen-bond acceptors (Lipinski definition) is 3. The van der Waals surface area contributed by atoms with Crippen LogP contribution in [0.4, 0.5) is 5.69 Å². The van der Waals surface area contributed by atoms with Gasteiger partial charge in [0.05, 0.1) is 28.3 Å². The molecule has 1 aromatic carbocycles. The van der Waals surface area contributed by atoms with Crippen LogP contribution in [-0.4, -0.2) is 18.4 Å². The maximum atomic E-state index is 12.7. The summed E-state index contributed by atoms with van der Waals surface area (Å²) in [6.45, 7) is 4.72. The summed E-state index contributed by atoms with van der Waals surface area (Å²) < 4.78 is 5.74. The SMILES string of the molecule is CC(C)CCOc1cc(N2C(=O)C3=CC(CCC3)C2=O)c(Cl)cc1Cl. The van der Waals surface area contributed by atoms with Crippen LogP contribution in [-0.2, 0) is 9.59 Å². The minimum absolute atomic E-state index is 0.231. The molecule has 1 aliphatic heterocycles. The molecule has 2 bridgehead atoms. The smallest absolute Gasteiger partial charge is 0.260 e. The normalized spacial score (nSPS) is 20.1. The van der Waals surface area contributed by atoms with Crippen molar-refractivity contribution in [3.05, 3.63) is 33.8 Å². The van der Waals surface area contributed by atoms with Crippen molar-refractivity contribution in [1.82, 2.24) is 0 Å². The number of anilines is 1. The van der Waals surface area contributed by atoms with E-state index < -0.39 is 0 Å². The molecule has 0 aromatic heterocycles. The maximum absolute atomic E-state index is 12.7. The number of ether oxygens (including phenoxy) is 1. The van der Waals surface area contributed by atoms with E-state index in [0.717, 1.165) is 19.3 Å². The van der Waals surface area contributed by atoms with Gasteiger partial charge in [-0.3, -0.25) is 9.59 Å². The van der Waals surface area contributed by atoms with Crippen molar-refractivity contribution in [3.8, 4) is 5.75 Å². The maximum Gasteiger partial charge on any atom is 0.260 e. The number of hydrogen-bond donors (Lipinski definition) is 0. The van der Waals surface area contributed by atoms with Crippen molar-refractivity contribution in [2.75, 3.05) is 11.5 Å². The van der Waals surface area contributed by atoms with E-state index in [-0.39, 0.29) is 22.8 Å². The standard InChI is InChI=1S/C19H21Cl2NO3/c1-11(2)6-7-25-17-10-16(14(20)9-15(17)21)22-18(23)12-4-3-5-13(8-12)19(22)24/h8-12H,3-7H2,1-2H3. The van der Waals surface area contributed by atoms with Gasteiger partial charge in [-0.15, -0.1) is 0 Å². The molecule has 1 atom stereocenters. The Morgan fingerprint density at radius 3 is 2.72 bits per heavy atom. The number of imide groups is 1. The van der Waals surface area contributed by atoms with E-state index in [1.165, 1.54) is 11.0 Å². The van der Waals surface area contributed by atoms with Gasteiger partial charge in [-0.1, -0.05) is 43.1 Å². The fourth-order valence-corrected chi connectivity index (χ4v) is 3.66. The highest BCUT2D eigenvalue weighted by molar-refractivity contribution is 6.39. The van der Waals surface area contributed by atoms with E-state index in [2.05, 4.69) is 13.8 Å². The average Bonchev–Trinajstić information content (AvgIpc) is 2.57. The van der Waals surface area contributed by atoms with E-state index >= 15 is 0 Å². The second-order valence-corrected chi connectivity index (χ2v) is 7.75. The fraction of sp³-hybridized carbons (Fsp3) is 0.474. The molecule has 4 nitrogen and oxygen atoms in total. The first-order valence-electron chi connectivity index (χ1n) is 8.59. The summed E-state index contributed by atoms with van der Waals surface area (Å²) in [6, 6.07) is 3.13. The third kappa shape index (κ3) is 3.70. The average molecular weight is 382 g/mol. The van der Waals surface area contributed by atoms with Crippen LogP contribution < -0.4 is 9.64 Å². The zero-order valence-corrected chi connectivity index (χ0v) is 15.9. The molecule has 1 aromatic rings. The highest BCUT2D eigenvalue weighted by Gasteiger charge is 2.39. The molecule has 0 saturated carbocycles. The molecular weight excluding hydrogens is 361 g/mol. The summed E-state index contributed by atoms with van der Waals surface area (Å²) in [5.41, 5.74) is 1.03. The zero-order chi connectivity index (χ0) is 18.1. The number of amides is 2. The first-order chi connectivity index (χ1) is 11.9. The molecule has 1 aliphatic carbocycles. The van der Waals surface area contributed by atoms with Crippen LogP contribution in [0.25, 0.3) is 0 Å². The summed E-state index contributed by atoms with van der Waals surface area (Å²) in [7, 11) is 0. The highest BCUT2D eigenvalue weighted by atomic mass is 35.5. The topological polar surface area (TPSA) is 46.6 Å². The molecule has 2 amide bonds. The van der Waals surface area contributed by atoms with Gasteiger partial charge in [0.1, 0.15) is 5.75 Å². The van der Waals surface area contributed by atoms with Crippen LogP contribution in [0.15, 0.2) is 23.8 Å². The molecule has 134 valence electrons. The first-order valence-corrected chi connectivity index (χ1v) is 9.35. The summed E-state index contributed by atoms with van der Waals surface area (Å²) in [6.07, 6.45) is 5.00. The Bertz CT molecular complexity index is 742. The largest absolute Gasteiger partial charge is 0.492 e. The summed E-state index contributed by atoms with van der Waals surface area (Å²) in [5, 5.41) is 0.636. The van der Waals surface area contributed by atoms with E-state index in [9.17, 15) is 9.59 Å². The van der Waals surface area contributed by atoms with Gasteiger partial charge in [-0.05, 0) is 37.7 Å². The van der Waals surface area contributed by atoms with Crippen molar-refractivity contribution in [1.29, 1.82) is 0 Å². The molecule has 3 rings (SSSR count). The zero-order valence-electron chi connectivity index (χ0n) is 14.4. The number of rotatable bonds is 5. The first kappa shape index (κ1) is 18.3. The van der Waals surface area contributed by atoms with Gasteiger partial charge >= 0.3 is 0 Å². The second-order valence-electron chi connectivity index (χ2n) is 6.93. The minimum Gasteiger partial charge on any atom is -0.492 e. The number of benzene rings is 1. The van der Waals surface area contributed by atoms with Crippen molar-refractivity contribution < 1.29 is 14.3 Å². The van der Waals surface area contributed by atoms with Gasteiger partial charge in [-0.25, -0.2) is 4.90 Å². The van der Waals surface area contributed by atoms with Gasteiger partial charge in [0.15, 0.2) is 0 Å². The van der Waals surface area contributed by atoms with Crippen LogP contribution >= 0.6 is 23.2 Å². The molecule has 1 unspecified atom stereocenters. The minimum atomic E-state index is -0.293. The Hall–Kier alpha value is -1.52. The lowest BCUT2D eigenvalue weighted by atomic mass is 9.85. The molecule has 0 saturated heterocycles. The van der Waals surface area contributed by atoms with Crippen LogP contribution in [0.3, 0.4) is 0 Å². The quantitative estimate of drug-likeness (QED) is 0.672. The molecule has 0 spiro atoms. The molecule has 6 heteroatoms. The Labute approximate surface area is 157 Å². The van der Waals surface area contributed by atoms with Gasteiger partial charge in [-0.2, -0.15) is 0 Å². The van der Waals surface area contributed by atoms with Crippen molar-refractivity contribution in [2.45, 2.75) is 39.5 Å². The number of carbonyl (C=O) groups excluding carboxylic acids is 2. The molecular formula is C19H21Cl2NO3. The third-order valence-corrected chi connectivity index (χ3v) is 5.17. The molecule has 25 heavy (non-hydrogen) atoms. The van der Waals surface area contributed by atoms with Crippen LogP contribution in [0, 0.1) is 11.8 Å². The number of nitrogens with zero attached hydrogens (tertiary/aromatic N) is 1. The number of fused-ring (bicyclic) bond motifs is 1. The van der Waals surface area contributed by atoms with Crippen molar-refractivity contribution in [3.63, 3.8) is 0 Å². The number of halogens is 2. The lowest BCUT2D eigenvalue weighted by Gasteiger charge is -2.33. The Morgan fingerprint density at radius 1 is 1.24 bits per heavy atom. The Balaban J connectivity index is 1.92. The van der Waals surface area contributed by atoms with Crippen molar-refractivity contribution in [2.24, 2.45) is 11.8 Å². The highest BCUT2D eigenvalue weighted by Crippen LogP contribution is 2.40. The molecule has 0 radical (unpaired) electrons. The van der Waals surface area contributed by atoms with Crippen LogP contribution in [0.1, 0.15) is 39.5 Å². The molecule has 0 N–H and O–H groups in total. The summed E-state index contributed by atoms with van der Waals surface area (Å²) >= 11 is 12.5. The molecule has 2 aliphatic rings. The Kier molecular flexibility index (Phi) is 5.40.